The van der Waals surface area contributed by atoms with E-state index in [-0.39, 0.29) is 83.3 Å². The molecule has 0 spiro atoms. The monoisotopic (exact) mass is 993 g/mol. The van der Waals surface area contributed by atoms with Gasteiger partial charge in [-0.15, -0.1) is 0 Å². The number of pyridine rings is 1. The number of unbranched alkanes of at least 4 members (excludes halogenated alkanes) is 1. The van der Waals surface area contributed by atoms with Crippen LogP contribution in [-0.2, 0) is 39.6 Å². The number of hydrogen-bond donors (Lipinski definition) is 5. The second-order valence-corrected chi connectivity index (χ2v) is 20.0. The van der Waals surface area contributed by atoms with Crippen molar-refractivity contribution in [1.29, 1.82) is 0 Å². The van der Waals surface area contributed by atoms with Crippen molar-refractivity contribution in [3.63, 3.8) is 0 Å². The number of ether oxygens (including phenoxy) is 2. The number of aromatic nitrogens is 3. The van der Waals surface area contributed by atoms with Crippen LogP contribution in [0.4, 0.5) is 19.0 Å². The molecule has 5 N–H and O–H groups in total. The van der Waals surface area contributed by atoms with Gasteiger partial charge < -0.3 is 45.9 Å². The number of halogens is 3. The first-order valence-corrected chi connectivity index (χ1v) is 25.5. The van der Waals surface area contributed by atoms with Crippen molar-refractivity contribution in [2.24, 2.45) is 17.8 Å². The Labute approximate surface area is 413 Å². The molecule has 17 nitrogen and oxygen atoms in total. The Morgan fingerprint density at radius 3 is 2.35 bits per heavy atom. The number of benzene rings is 1. The molecule has 0 radical (unpaired) electrons. The van der Waals surface area contributed by atoms with Gasteiger partial charge in [-0.1, -0.05) is 19.9 Å². The standard InChI is InChI=1S/C51H71F3N10O7/c1-32(2)29-57-37-15-17-43(64-21-18-41(50(64)69)61-47-38-26-35(51(52,53)54)12-16-40(38)58-31-59-47)42(27-37)62-48(67)33-10-13-36(14-11-33)60-44(65)9-7-24-70-22-4-5-23-71-25-20-56-49(68)39-28-45(66)63(3)46(39)34-8-6-19-55-30-34/h6,8,12,16,19,26,30-33,36-37,39,41-43,46,57H,4-5,7,9-11,13-15,17-18,20-25,27-29H2,1-3H3,(H,56,68)(H,60,65)(H,62,67)(H,58,59,61)/t33?,36?,37-,39+,41+,42-,43+,46-/m1/s1. The Morgan fingerprint density at radius 1 is 0.873 bits per heavy atom. The maximum Gasteiger partial charge on any atom is 0.416 e. The van der Waals surface area contributed by atoms with Crippen LogP contribution in [0.15, 0.2) is 49.1 Å². The number of likely N-dealkylation sites (tertiary alicyclic amines) is 2. The number of nitrogens with zero attached hydrogens (tertiary/aromatic N) is 5. The molecule has 4 heterocycles. The van der Waals surface area contributed by atoms with Crippen LogP contribution < -0.4 is 26.6 Å². The summed E-state index contributed by atoms with van der Waals surface area (Å²) in [4.78, 5) is 82.0. The maximum absolute atomic E-state index is 14.0. The minimum atomic E-state index is -4.55. The molecule has 3 aromatic rings. The zero-order valence-corrected chi connectivity index (χ0v) is 41.2. The number of carbonyl (C=O) groups is 5. The second-order valence-electron chi connectivity index (χ2n) is 20.0. The van der Waals surface area contributed by atoms with Gasteiger partial charge in [0.25, 0.3) is 0 Å². The van der Waals surface area contributed by atoms with Crippen LogP contribution in [0.25, 0.3) is 10.9 Å². The van der Waals surface area contributed by atoms with Gasteiger partial charge in [0.05, 0.1) is 41.7 Å². The molecule has 4 fully saturated rings. The number of amides is 5. The Morgan fingerprint density at radius 2 is 1.62 bits per heavy atom. The lowest BCUT2D eigenvalue weighted by atomic mass is 9.83. The molecule has 0 bridgehead atoms. The molecule has 2 aromatic heterocycles. The summed E-state index contributed by atoms with van der Waals surface area (Å²) < 4.78 is 52.2. The minimum absolute atomic E-state index is 0.0103. The van der Waals surface area contributed by atoms with Gasteiger partial charge in [0.1, 0.15) is 18.2 Å². The van der Waals surface area contributed by atoms with E-state index in [1.807, 2.05) is 11.0 Å². The quantitative estimate of drug-likeness (QED) is 0.0767. The molecule has 388 valence electrons. The first kappa shape index (κ1) is 53.3. The van der Waals surface area contributed by atoms with E-state index in [0.29, 0.717) is 109 Å². The third-order valence-corrected chi connectivity index (χ3v) is 14.3. The Balaban J connectivity index is 0.770. The van der Waals surface area contributed by atoms with Crippen LogP contribution in [-0.4, -0.2) is 138 Å². The summed E-state index contributed by atoms with van der Waals surface area (Å²) in [6, 6.07) is 5.55. The molecule has 6 atom stereocenters. The van der Waals surface area contributed by atoms with Crippen LogP contribution >= 0.6 is 0 Å². The molecular weight excluding hydrogens is 922 g/mol. The van der Waals surface area contributed by atoms with Gasteiger partial charge in [-0.05, 0) is 113 Å². The van der Waals surface area contributed by atoms with E-state index in [9.17, 15) is 37.1 Å². The second kappa shape index (κ2) is 25.3. The van der Waals surface area contributed by atoms with E-state index in [1.165, 1.54) is 12.4 Å². The third-order valence-electron chi connectivity index (χ3n) is 14.3. The molecule has 2 saturated heterocycles. The van der Waals surface area contributed by atoms with Crippen molar-refractivity contribution in [2.75, 3.05) is 58.4 Å². The predicted octanol–water partition coefficient (Wildman–Crippen LogP) is 5.31. The molecule has 2 aliphatic heterocycles. The van der Waals surface area contributed by atoms with Crippen LogP contribution in [0.3, 0.4) is 0 Å². The summed E-state index contributed by atoms with van der Waals surface area (Å²) >= 11 is 0. The van der Waals surface area contributed by atoms with Crippen LogP contribution in [0.5, 0.6) is 0 Å². The molecule has 1 aromatic carbocycles. The molecular formula is C51H71F3N10O7. The SMILES string of the molecule is CC(C)CN[C@@H]1CC[C@H](N2CC[C@H](Nc3ncnc4ccc(C(F)(F)F)cc34)C2=O)[C@H](NC(=O)C2CCC(NC(=O)CCCOCCCCOCCNC(=O)[C@H]3CC(=O)N(C)[C@@H]3c3cccnc3)CC2)C1. The zero-order chi connectivity index (χ0) is 50.5. The van der Waals surface area contributed by atoms with Crippen LogP contribution in [0.1, 0.15) is 114 Å². The summed E-state index contributed by atoms with van der Waals surface area (Å²) in [5, 5.41) is 16.4. The normalized spacial score (nSPS) is 24.9. The Kier molecular flexibility index (Phi) is 19.0. The van der Waals surface area contributed by atoms with E-state index in [4.69, 9.17) is 9.47 Å². The van der Waals surface area contributed by atoms with Crippen LogP contribution in [0.2, 0.25) is 0 Å². The summed E-state index contributed by atoms with van der Waals surface area (Å²) in [7, 11) is 1.71. The number of fused-ring (bicyclic) bond motifs is 1. The fraction of sp³-hybridized carbons (Fsp3) is 0.647. The average molecular weight is 993 g/mol. The van der Waals surface area contributed by atoms with Crippen molar-refractivity contribution in [1.82, 2.24) is 46.0 Å². The molecule has 71 heavy (non-hydrogen) atoms. The van der Waals surface area contributed by atoms with Gasteiger partial charge in [-0.2, -0.15) is 13.2 Å². The average Bonchev–Trinajstić information content (AvgIpc) is 3.87. The lowest BCUT2D eigenvalue weighted by Crippen LogP contribution is -2.59. The summed E-state index contributed by atoms with van der Waals surface area (Å²) in [5.74, 6) is -0.581. The topological polar surface area (TPSA) is 209 Å². The molecule has 4 aliphatic rings. The van der Waals surface area contributed by atoms with Gasteiger partial charge >= 0.3 is 6.18 Å². The Bertz CT molecular complexity index is 2270. The first-order chi connectivity index (χ1) is 34.2. The molecule has 2 saturated carbocycles. The summed E-state index contributed by atoms with van der Waals surface area (Å²) in [6.07, 6.45) is 8.02. The molecule has 5 amide bonds. The molecule has 7 rings (SSSR count). The van der Waals surface area contributed by atoms with E-state index < -0.39 is 23.7 Å². The fourth-order valence-corrected chi connectivity index (χ4v) is 10.5. The fourth-order valence-electron chi connectivity index (χ4n) is 10.5. The minimum Gasteiger partial charge on any atom is -0.381 e. The zero-order valence-electron chi connectivity index (χ0n) is 41.2. The molecule has 20 heteroatoms. The Hall–Kier alpha value is -5.47. The van der Waals surface area contributed by atoms with Crippen molar-refractivity contribution < 1.29 is 46.6 Å². The summed E-state index contributed by atoms with van der Waals surface area (Å²) in [6.45, 7) is 7.81. The lowest BCUT2D eigenvalue weighted by Gasteiger charge is -2.42. The molecule has 2 aliphatic carbocycles. The largest absolute Gasteiger partial charge is 0.416 e. The van der Waals surface area contributed by atoms with Gasteiger partial charge in [0, 0.05) is 88.6 Å². The lowest BCUT2D eigenvalue weighted by molar-refractivity contribution is -0.137. The van der Waals surface area contributed by atoms with Crippen molar-refractivity contribution in [3.05, 3.63) is 60.2 Å². The number of rotatable bonds is 23. The van der Waals surface area contributed by atoms with Gasteiger partial charge in [-0.25, -0.2) is 9.97 Å². The van der Waals surface area contributed by atoms with E-state index in [1.54, 1.807) is 30.4 Å². The highest BCUT2D eigenvalue weighted by Gasteiger charge is 2.44. The highest BCUT2D eigenvalue weighted by molar-refractivity contribution is 5.93. The van der Waals surface area contributed by atoms with Crippen molar-refractivity contribution >= 4 is 46.3 Å². The van der Waals surface area contributed by atoms with Gasteiger partial charge in [0.15, 0.2) is 0 Å². The van der Waals surface area contributed by atoms with Gasteiger partial charge in [-0.3, -0.25) is 29.0 Å². The number of anilines is 1. The number of carbonyl (C=O) groups excluding carboxylic acids is 5. The van der Waals surface area contributed by atoms with E-state index in [0.717, 1.165) is 43.5 Å². The number of alkyl halides is 3. The highest BCUT2D eigenvalue weighted by Crippen LogP contribution is 2.37. The first-order valence-electron chi connectivity index (χ1n) is 25.5. The highest BCUT2D eigenvalue weighted by atomic mass is 19.4. The number of nitrogens with one attached hydrogen (secondary N) is 5. The predicted molar refractivity (Wildman–Crippen MR) is 259 cm³/mol. The van der Waals surface area contributed by atoms with Crippen molar-refractivity contribution in [2.45, 2.75) is 140 Å². The maximum atomic E-state index is 14.0. The summed E-state index contributed by atoms with van der Waals surface area (Å²) in [5.41, 5.74) is 0.345. The molecule has 0 unspecified atom stereocenters. The van der Waals surface area contributed by atoms with Crippen LogP contribution in [0, 0.1) is 17.8 Å². The van der Waals surface area contributed by atoms with E-state index >= 15 is 0 Å². The van der Waals surface area contributed by atoms with Crippen molar-refractivity contribution in [3.8, 4) is 0 Å². The van der Waals surface area contributed by atoms with Gasteiger partial charge in [0.2, 0.25) is 29.5 Å². The smallest absolute Gasteiger partial charge is 0.381 e. The third kappa shape index (κ3) is 14.6. The number of hydrogen-bond acceptors (Lipinski definition) is 12. The van der Waals surface area contributed by atoms with E-state index in [2.05, 4.69) is 55.4 Å².